The number of hydrogen-bond acceptors (Lipinski definition) is 6. The highest BCUT2D eigenvalue weighted by Crippen LogP contribution is 2.41. The van der Waals surface area contributed by atoms with Gasteiger partial charge in [-0.25, -0.2) is 4.39 Å². The van der Waals surface area contributed by atoms with E-state index in [0.717, 1.165) is 11.6 Å². The minimum atomic E-state index is -0.894. The molecule has 0 fully saturated rings. The first kappa shape index (κ1) is 23.0. The Kier molecular flexibility index (Phi) is 5.53. The molecule has 1 amide bonds. The van der Waals surface area contributed by atoms with E-state index in [0.29, 0.717) is 28.7 Å². The summed E-state index contributed by atoms with van der Waals surface area (Å²) in [7, 11) is 0. The molecule has 0 radical (unpaired) electrons. The van der Waals surface area contributed by atoms with Crippen LogP contribution >= 0.6 is 11.6 Å². The van der Waals surface area contributed by atoms with Crippen molar-refractivity contribution in [2.24, 2.45) is 0 Å². The van der Waals surface area contributed by atoms with E-state index in [-0.39, 0.29) is 28.1 Å². The third-order valence-corrected chi connectivity index (χ3v) is 6.44. The van der Waals surface area contributed by atoms with Gasteiger partial charge in [-0.15, -0.1) is 0 Å². The second-order valence-electron chi connectivity index (χ2n) is 8.68. The van der Waals surface area contributed by atoms with Crippen molar-refractivity contribution < 1.29 is 22.9 Å². The largest absolute Gasteiger partial charge is 0.489 e. The highest BCUT2D eigenvalue weighted by molar-refractivity contribution is 6.30. The average molecular weight is 517 g/mol. The summed E-state index contributed by atoms with van der Waals surface area (Å²) in [5, 5.41) is 4.69. The molecule has 1 aliphatic heterocycles. The first-order valence-corrected chi connectivity index (χ1v) is 11.8. The molecule has 37 heavy (non-hydrogen) atoms. The molecule has 0 N–H and O–H groups in total. The molecule has 0 saturated heterocycles. The zero-order valence-electron chi connectivity index (χ0n) is 19.4. The van der Waals surface area contributed by atoms with Crippen LogP contribution in [0, 0.1) is 12.7 Å². The van der Waals surface area contributed by atoms with Crippen LogP contribution in [0.2, 0.25) is 5.02 Å². The van der Waals surface area contributed by atoms with Gasteiger partial charge in [0.25, 0.3) is 5.91 Å². The van der Waals surface area contributed by atoms with E-state index < -0.39 is 23.2 Å². The van der Waals surface area contributed by atoms with Gasteiger partial charge in [0.1, 0.15) is 29.5 Å². The number of amides is 1. The molecule has 3 heterocycles. The van der Waals surface area contributed by atoms with Crippen molar-refractivity contribution in [1.82, 2.24) is 5.16 Å². The van der Waals surface area contributed by atoms with Crippen LogP contribution in [0.5, 0.6) is 5.75 Å². The SMILES string of the molecule is Cc1cc(N2C(=O)c3oc4ccc(F)cc4c(=O)c3[C@H]2c2cccc(OCc3ccc(Cl)cc3)c2)no1. The smallest absolute Gasteiger partial charge is 0.296 e. The first-order valence-electron chi connectivity index (χ1n) is 11.4. The summed E-state index contributed by atoms with van der Waals surface area (Å²) < 4.78 is 31.0. The highest BCUT2D eigenvalue weighted by Gasteiger charge is 2.45. The van der Waals surface area contributed by atoms with E-state index in [1.807, 2.05) is 12.1 Å². The van der Waals surface area contributed by atoms with Gasteiger partial charge in [0.2, 0.25) is 5.76 Å². The molecular weight excluding hydrogens is 499 g/mol. The van der Waals surface area contributed by atoms with E-state index in [4.69, 9.17) is 25.3 Å². The Balaban J connectivity index is 1.47. The number of rotatable bonds is 5. The van der Waals surface area contributed by atoms with Crippen LogP contribution in [0.4, 0.5) is 10.2 Å². The third-order valence-electron chi connectivity index (χ3n) is 6.19. The lowest BCUT2D eigenvalue weighted by Gasteiger charge is -2.22. The topological polar surface area (TPSA) is 85.8 Å². The Labute approximate surface area is 214 Å². The molecule has 2 aromatic heterocycles. The minimum absolute atomic E-state index is 0.0462. The summed E-state index contributed by atoms with van der Waals surface area (Å²) in [4.78, 5) is 28.5. The molecule has 184 valence electrons. The number of hydrogen-bond donors (Lipinski definition) is 0. The van der Waals surface area contributed by atoms with Crippen molar-refractivity contribution in [2.75, 3.05) is 4.90 Å². The number of benzene rings is 3. The zero-order chi connectivity index (χ0) is 25.7. The lowest BCUT2D eigenvalue weighted by atomic mass is 9.98. The molecule has 7 nitrogen and oxygen atoms in total. The maximum Gasteiger partial charge on any atom is 0.296 e. The Morgan fingerprint density at radius 1 is 1.05 bits per heavy atom. The summed E-state index contributed by atoms with van der Waals surface area (Å²) in [6, 6.07) is 18.7. The van der Waals surface area contributed by atoms with Gasteiger partial charge in [-0.1, -0.05) is 41.0 Å². The summed E-state index contributed by atoms with van der Waals surface area (Å²) in [6.45, 7) is 1.99. The molecule has 1 atom stereocenters. The van der Waals surface area contributed by atoms with Gasteiger partial charge in [0.15, 0.2) is 11.2 Å². The Bertz CT molecular complexity index is 1730. The quantitative estimate of drug-likeness (QED) is 0.276. The van der Waals surface area contributed by atoms with E-state index in [9.17, 15) is 14.0 Å². The molecule has 0 spiro atoms. The predicted molar refractivity (Wildman–Crippen MR) is 135 cm³/mol. The fourth-order valence-electron chi connectivity index (χ4n) is 4.49. The summed E-state index contributed by atoms with van der Waals surface area (Å²) >= 11 is 5.96. The lowest BCUT2D eigenvalue weighted by molar-refractivity contribution is 0.0969. The molecule has 0 aliphatic carbocycles. The number of aromatic nitrogens is 1. The van der Waals surface area contributed by atoms with Crippen molar-refractivity contribution in [3.8, 4) is 5.75 Å². The van der Waals surface area contributed by atoms with Crippen molar-refractivity contribution in [3.05, 3.63) is 122 Å². The molecule has 0 saturated carbocycles. The number of anilines is 1. The normalized spacial score (nSPS) is 14.8. The third kappa shape index (κ3) is 4.05. The summed E-state index contributed by atoms with van der Waals surface area (Å²) in [5.74, 6) is -0.0143. The van der Waals surface area contributed by atoms with Crippen LogP contribution in [-0.4, -0.2) is 11.1 Å². The predicted octanol–water partition coefficient (Wildman–Crippen LogP) is 6.21. The second kappa shape index (κ2) is 8.90. The molecule has 3 aromatic carbocycles. The molecule has 1 aliphatic rings. The van der Waals surface area contributed by atoms with Gasteiger partial charge in [-0.3, -0.25) is 14.5 Å². The molecule has 0 bridgehead atoms. The number of carbonyl (C=O) groups is 1. The van der Waals surface area contributed by atoms with Gasteiger partial charge in [-0.2, -0.15) is 0 Å². The van der Waals surface area contributed by atoms with Gasteiger partial charge in [-0.05, 0) is 60.5 Å². The number of fused-ring (bicyclic) bond motifs is 2. The standard InChI is InChI=1S/C28H18ClFN2O5/c1-15-11-23(31-37-15)32-25(17-3-2-4-20(12-17)35-14-16-5-7-18(29)8-6-16)24-26(33)21-13-19(30)9-10-22(21)36-27(24)28(32)34/h2-13,25H,14H2,1H3/t25-/m1/s1. The van der Waals surface area contributed by atoms with Crippen molar-refractivity contribution in [1.29, 1.82) is 0 Å². The van der Waals surface area contributed by atoms with E-state index in [2.05, 4.69) is 5.16 Å². The molecule has 0 unspecified atom stereocenters. The first-order chi connectivity index (χ1) is 17.9. The summed E-state index contributed by atoms with van der Waals surface area (Å²) in [5.41, 5.74) is 1.23. The summed E-state index contributed by atoms with van der Waals surface area (Å²) in [6.07, 6.45) is 0. The van der Waals surface area contributed by atoms with E-state index in [1.165, 1.54) is 17.0 Å². The number of carbonyl (C=O) groups excluding carboxylic acids is 1. The van der Waals surface area contributed by atoms with Crippen molar-refractivity contribution in [3.63, 3.8) is 0 Å². The Morgan fingerprint density at radius 3 is 2.62 bits per heavy atom. The maximum absolute atomic E-state index is 14.0. The van der Waals surface area contributed by atoms with Gasteiger partial charge >= 0.3 is 0 Å². The Hall–Kier alpha value is -4.43. The molecule has 5 aromatic rings. The molecule has 6 rings (SSSR count). The van der Waals surface area contributed by atoms with Crippen molar-refractivity contribution in [2.45, 2.75) is 19.6 Å². The number of ether oxygens (including phenoxy) is 1. The molecule has 9 heteroatoms. The van der Waals surface area contributed by atoms with Crippen LogP contribution in [0.25, 0.3) is 11.0 Å². The maximum atomic E-state index is 14.0. The average Bonchev–Trinajstić information content (AvgIpc) is 3.45. The second-order valence-corrected chi connectivity index (χ2v) is 9.11. The fraction of sp³-hybridized carbons (Fsp3) is 0.107. The number of aryl methyl sites for hydroxylation is 1. The van der Waals surface area contributed by atoms with Gasteiger partial charge in [0, 0.05) is 11.1 Å². The van der Waals surface area contributed by atoms with Gasteiger partial charge < -0.3 is 13.7 Å². The van der Waals surface area contributed by atoms with E-state index >= 15 is 0 Å². The number of nitrogens with zero attached hydrogens (tertiary/aromatic N) is 2. The van der Waals surface area contributed by atoms with Crippen LogP contribution in [0.3, 0.4) is 0 Å². The fourth-order valence-corrected chi connectivity index (χ4v) is 4.61. The number of halogens is 2. The van der Waals surface area contributed by atoms with Crippen LogP contribution in [-0.2, 0) is 6.61 Å². The zero-order valence-corrected chi connectivity index (χ0v) is 20.2. The van der Waals surface area contributed by atoms with Crippen LogP contribution < -0.4 is 15.1 Å². The van der Waals surface area contributed by atoms with Crippen molar-refractivity contribution >= 4 is 34.3 Å². The molecular formula is C28H18ClFN2O5. The monoisotopic (exact) mass is 516 g/mol. The minimum Gasteiger partial charge on any atom is -0.489 e. The van der Waals surface area contributed by atoms with Gasteiger partial charge in [0.05, 0.1) is 17.0 Å². The van der Waals surface area contributed by atoms with E-state index in [1.54, 1.807) is 49.4 Å². The highest BCUT2D eigenvalue weighted by atomic mass is 35.5. The van der Waals surface area contributed by atoms with Crippen LogP contribution in [0.15, 0.2) is 86.5 Å². The lowest BCUT2D eigenvalue weighted by Crippen LogP contribution is -2.29. The Morgan fingerprint density at radius 2 is 1.86 bits per heavy atom. The van der Waals surface area contributed by atoms with Crippen LogP contribution in [0.1, 0.15) is 39.0 Å².